The van der Waals surface area contributed by atoms with Gasteiger partial charge < -0.3 is 15.1 Å². The Hall–Kier alpha value is -3.00. The summed E-state index contributed by atoms with van der Waals surface area (Å²) in [5, 5.41) is 2.82. The zero-order valence-corrected chi connectivity index (χ0v) is 15.8. The van der Waals surface area contributed by atoms with Crippen molar-refractivity contribution in [1.29, 1.82) is 0 Å². The lowest BCUT2D eigenvalue weighted by atomic mass is 10.2. The van der Waals surface area contributed by atoms with Crippen LogP contribution in [0.25, 0.3) is 0 Å². The van der Waals surface area contributed by atoms with Gasteiger partial charge in [-0.3, -0.25) is 4.79 Å². The molecule has 0 unspecified atom stereocenters. The SMILES string of the molecule is Cc1ncsc1C(=O)Nc1cnc(N2CCN(c3ccccc3)CC2)nc1. The number of hydrogen-bond acceptors (Lipinski definition) is 7. The summed E-state index contributed by atoms with van der Waals surface area (Å²) in [5.41, 5.74) is 4.22. The van der Waals surface area contributed by atoms with Crippen LogP contribution in [0.3, 0.4) is 0 Å². The summed E-state index contributed by atoms with van der Waals surface area (Å²) in [5.74, 6) is 0.512. The zero-order valence-electron chi connectivity index (χ0n) is 15.0. The highest BCUT2D eigenvalue weighted by atomic mass is 32.1. The number of rotatable bonds is 4. The summed E-state index contributed by atoms with van der Waals surface area (Å²) in [6, 6.07) is 10.4. The molecule has 3 aromatic rings. The van der Waals surface area contributed by atoms with E-state index in [0.717, 1.165) is 31.9 Å². The van der Waals surface area contributed by atoms with Crippen LogP contribution < -0.4 is 15.1 Å². The van der Waals surface area contributed by atoms with Gasteiger partial charge >= 0.3 is 0 Å². The molecule has 3 heterocycles. The number of aromatic nitrogens is 3. The minimum Gasteiger partial charge on any atom is -0.368 e. The van der Waals surface area contributed by atoms with E-state index >= 15 is 0 Å². The van der Waals surface area contributed by atoms with Gasteiger partial charge in [-0.2, -0.15) is 0 Å². The third kappa shape index (κ3) is 3.90. The van der Waals surface area contributed by atoms with E-state index in [4.69, 9.17) is 0 Å². The second kappa shape index (κ2) is 7.71. The Kier molecular flexibility index (Phi) is 4.97. The van der Waals surface area contributed by atoms with Gasteiger partial charge in [0.05, 0.1) is 29.3 Å². The summed E-state index contributed by atoms with van der Waals surface area (Å²) >= 11 is 1.32. The third-order valence-corrected chi connectivity index (χ3v) is 5.46. The number of carbonyl (C=O) groups excluding carboxylic acids is 1. The Labute approximate surface area is 161 Å². The molecule has 0 saturated carbocycles. The van der Waals surface area contributed by atoms with Crippen molar-refractivity contribution in [3.05, 3.63) is 58.8 Å². The predicted octanol–water partition coefficient (Wildman–Crippen LogP) is 2.82. The van der Waals surface area contributed by atoms with E-state index in [1.165, 1.54) is 17.0 Å². The lowest BCUT2D eigenvalue weighted by molar-refractivity contribution is 0.102. The molecule has 1 saturated heterocycles. The number of nitrogens with one attached hydrogen (secondary N) is 1. The smallest absolute Gasteiger partial charge is 0.267 e. The Morgan fingerprint density at radius 1 is 1.00 bits per heavy atom. The van der Waals surface area contributed by atoms with Crippen LogP contribution in [0.2, 0.25) is 0 Å². The maximum Gasteiger partial charge on any atom is 0.267 e. The van der Waals surface area contributed by atoms with Crippen LogP contribution in [0, 0.1) is 6.92 Å². The topological polar surface area (TPSA) is 74.2 Å². The summed E-state index contributed by atoms with van der Waals surface area (Å²) in [6.45, 7) is 5.40. The molecule has 138 valence electrons. The molecule has 1 aromatic carbocycles. The number of aryl methyl sites for hydroxylation is 1. The lowest BCUT2D eigenvalue weighted by Gasteiger charge is -2.36. The number of piperazine rings is 1. The average Bonchev–Trinajstić information content (AvgIpc) is 3.15. The second-order valence-corrected chi connectivity index (χ2v) is 7.16. The number of thiazole rings is 1. The number of anilines is 3. The maximum absolute atomic E-state index is 12.2. The number of amides is 1. The zero-order chi connectivity index (χ0) is 18.6. The quantitative estimate of drug-likeness (QED) is 0.750. The standard InChI is InChI=1S/C19H20N6OS/c1-14-17(27-13-22-14)18(26)23-15-11-20-19(21-12-15)25-9-7-24(8-10-25)16-5-3-2-4-6-16/h2-6,11-13H,7-10H2,1H3,(H,23,26). The van der Waals surface area contributed by atoms with Gasteiger partial charge in [-0.05, 0) is 19.1 Å². The van der Waals surface area contributed by atoms with Crippen molar-refractivity contribution in [2.75, 3.05) is 41.3 Å². The minimum absolute atomic E-state index is 0.178. The predicted molar refractivity (Wildman–Crippen MR) is 108 cm³/mol. The van der Waals surface area contributed by atoms with E-state index < -0.39 is 0 Å². The largest absolute Gasteiger partial charge is 0.368 e. The van der Waals surface area contributed by atoms with Crippen LogP contribution >= 0.6 is 11.3 Å². The van der Waals surface area contributed by atoms with E-state index in [1.807, 2.05) is 13.0 Å². The van der Waals surface area contributed by atoms with Crippen LogP contribution in [-0.4, -0.2) is 47.0 Å². The molecule has 1 aliphatic rings. The molecular formula is C19H20N6OS. The van der Waals surface area contributed by atoms with E-state index in [1.54, 1.807) is 17.9 Å². The van der Waals surface area contributed by atoms with Gasteiger partial charge in [-0.1, -0.05) is 18.2 Å². The molecule has 0 aliphatic carbocycles. The van der Waals surface area contributed by atoms with E-state index in [2.05, 4.69) is 54.3 Å². The Morgan fingerprint density at radius 3 is 2.30 bits per heavy atom. The molecule has 1 N–H and O–H groups in total. The first-order chi connectivity index (χ1) is 13.2. The van der Waals surface area contributed by atoms with Gasteiger partial charge in [0.1, 0.15) is 4.88 Å². The Morgan fingerprint density at radius 2 is 1.67 bits per heavy atom. The minimum atomic E-state index is -0.178. The highest BCUT2D eigenvalue weighted by Gasteiger charge is 2.19. The molecule has 7 nitrogen and oxygen atoms in total. The summed E-state index contributed by atoms with van der Waals surface area (Å²) in [6.07, 6.45) is 3.31. The van der Waals surface area contributed by atoms with Crippen LogP contribution in [0.4, 0.5) is 17.3 Å². The number of benzene rings is 1. The first-order valence-electron chi connectivity index (χ1n) is 8.79. The molecule has 0 atom stereocenters. The second-order valence-electron chi connectivity index (χ2n) is 6.30. The van der Waals surface area contributed by atoms with Crippen molar-refractivity contribution in [2.24, 2.45) is 0 Å². The van der Waals surface area contributed by atoms with E-state index in [0.29, 0.717) is 16.5 Å². The van der Waals surface area contributed by atoms with Crippen molar-refractivity contribution in [2.45, 2.75) is 6.92 Å². The van der Waals surface area contributed by atoms with Gasteiger partial charge in [0.2, 0.25) is 5.95 Å². The first kappa shape index (κ1) is 17.4. The molecule has 1 fully saturated rings. The number of carbonyl (C=O) groups is 1. The lowest BCUT2D eigenvalue weighted by Crippen LogP contribution is -2.47. The molecule has 1 amide bonds. The van der Waals surface area contributed by atoms with Crippen LogP contribution in [0.1, 0.15) is 15.4 Å². The Bertz CT molecular complexity index is 903. The van der Waals surface area contributed by atoms with Gasteiger partial charge in [0, 0.05) is 31.9 Å². The fourth-order valence-electron chi connectivity index (χ4n) is 3.06. The van der Waals surface area contributed by atoms with Crippen LogP contribution in [0.15, 0.2) is 48.2 Å². The van der Waals surface area contributed by atoms with Gasteiger partial charge in [-0.25, -0.2) is 15.0 Å². The molecule has 27 heavy (non-hydrogen) atoms. The fourth-order valence-corrected chi connectivity index (χ4v) is 3.76. The molecule has 4 rings (SSSR count). The summed E-state index contributed by atoms with van der Waals surface area (Å²) < 4.78 is 0. The van der Waals surface area contributed by atoms with Crippen molar-refractivity contribution in [3.63, 3.8) is 0 Å². The number of nitrogens with zero attached hydrogens (tertiary/aromatic N) is 5. The van der Waals surface area contributed by atoms with Gasteiger partial charge in [-0.15, -0.1) is 11.3 Å². The molecule has 0 radical (unpaired) electrons. The van der Waals surface area contributed by atoms with Gasteiger partial charge in [0.15, 0.2) is 0 Å². The molecule has 2 aromatic heterocycles. The Balaban J connectivity index is 1.36. The highest BCUT2D eigenvalue weighted by Crippen LogP contribution is 2.19. The summed E-state index contributed by atoms with van der Waals surface area (Å²) in [7, 11) is 0. The van der Waals surface area contributed by atoms with Crippen molar-refractivity contribution in [3.8, 4) is 0 Å². The molecular weight excluding hydrogens is 360 g/mol. The van der Waals surface area contributed by atoms with Crippen LogP contribution in [-0.2, 0) is 0 Å². The van der Waals surface area contributed by atoms with Crippen molar-refractivity contribution >= 4 is 34.6 Å². The number of para-hydroxylation sites is 1. The molecule has 1 aliphatic heterocycles. The maximum atomic E-state index is 12.2. The van der Waals surface area contributed by atoms with E-state index in [-0.39, 0.29) is 5.91 Å². The van der Waals surface area contributed by atoms with Gasteiger partial charge in [0.25, 0.3) is 5.91 Å². The third-order valence-electron chi connectivity index (χ3n) is 4.53. The normalized spacial score (nSPS) is 14.3. The molecule has 0 bridgehead atoms. The first-order valence-corrected chi connectivity index (χ1v) is 9.67. The van der Waals surface area contributed by atoms with Crippen LogP contribution in [0.5, 0.6) is 0 Å². The summed E-state index contributed by atoms with van der Waals surface area (Å²) in [4.78, 5) is 30.3. The van der Waals surface area contributed by atoms with E-state index in [9.17, 15) is 4.79 Å². The molecule has 8 heteroatoms. The van der Waals surface area contributed by atoms with Crippen molar-refractivity contribution in [1.82, 2.24) is 15.0 Å². The number of hydrogen-bond donors (Lipinski definition) is 1. The monoisotopic (exact) mass is 380 g/mol. The highest BCUT2D eigenvalue weighted by molar-refractivity contribution is 7.12. The average molecular weight is 380 g/mol. The molecule has 0 spiro atoms. The van der Waals surface area contributed by atoms with Crippen molar-refractivity contribution < 1.29 is 4.79 Å². The fraction of sp³-hybridized carbons (Fsp3) is 0.263.